The highest BCUT2D eigenvalue weighted by atomic mass is 32.1. The Labute approximate surface area is 743 Å². The Bertz CT molecular complexity index is 1330. The molecule has 16 heteroatoms. The lowest BCUT2D eigenvalue weighted by atomic mass is 10.1. The third-order valence-corrected chi connectivity index (χ3v) is 20.9. The number of nitrogens with one attached hydrogen (secondary N) is 7. The van der Waals surface area contributed by atoms with Gasteiger partial charge in [-0.3, -0.25) is 0 Å². The summed E-state index contributed by atoms with van der Waals surface area (Å²) in [6.07, 6.45) is 88.6. The molecule has 7 nitrogen and oxygen atoms in total. The molecule has 0 aromatic carbocycles. The van der Waals surface area contributed by atoms with Crippen LogP contribution in [0.3, 0.4) is 0 Å². The number of hydrogen-bond donors (Lipinski definition) is 7. The first-order valence-electron chi connectivity index (χ1n) is 46.2. The molecule has 0 aromatic rings. The van der Waals surface area contributed by atoms with E-state index in [0.717, 1.165) is 53.3 Å². The molecule has 662 valence electrons. The molecule has 0 radical (unpaired) electrons. The van der Waals surface area contributed by atoms with Gasteiger partial charge in [0.15, 0.2) is 0 Å². The smallest absolute Gasteiger partial charge is 0.00205 e. The van der Waals surface area contributed by atoms with Crippen molar-refractivity contribution in [3.63, 3.8) is 0 Å². The molecule has 0 spiro atoms. The average molecular weight is 1700 g/mol. The number of allylic oxidation sites excluding steroid dienone is 4. The van der Waals surface area contributed by atoms with E-state index in [1.165, 1.54) is 451 Å². The van der Waals surface area contributed by atoms with Gasteiger partial charge in [0.2, 0.25) is 0 Å². The summed E-state index contributed by atoms with van der Waals surface area (Å²) < 4.78 is 0. The van der Waals surface area contributed by atoms with Gasteiger partial charge in [-0.1, -0.05) is 260 Å². The highest BCUT2D eigenvalue weighted by Gasteiger charge is 2.24. The normalized spacial score (nSPS) is 15.9. The lowest BCUT2D eigenvalue weighted by molar-refractivity contribution is 0.579. The molecule has 0 unspecified atom stereocenters. The van der Waals surface area contributed by atoms with Crippen LogP contribution >= 0.6 is 121 Å². The molecule has 9 aliphatic rings. The molecule has 9 aliphatic carbocycles. The molecule has 9 rings (SSSR count). The van der Waals surface area contributed by atoms with Crippen molar-refractivity contribution in [3.8, 4) is 0 Å². The van der Waals surface area contributed by atoms with E-state index in [-0.39, 0.29) is 121 Å². The van der Waals surface area contributed by atoms with Gasteiger partial charge < -0.3 is 37.2 Å². The van der Waals surface area contributed by atoms with Crippen molar-refractivity contribution in [2.24, 2.45) is 53.3 Å². The third-order valence-electron chi connectivity index (χ3n) is 20.9. The van der Waals surface area contributed by atoms with Crippen molar-refractivity contribution in [1.29, 1.82) is 0 Å². The quantitative estimate of drug-likeness (QED) is 0.0241. The van der Waals surface area contributed by atoms with Crippen LogP contribution in [0.2, 0.25) is 0 Å². The van der Waals surface area contributed by atoms with E-state index in [9.17, 15) is 0 Å². The molecule has 0 aromatic heterocycles. The zero-order valence-corrected chi connectivity index (χ0v) is 83.0. The maximum Gasteiger partial charge on any atom is -0.00205 e. The average Bonchev–Trinajstić information content (AvgIpc) is 1.90. The van der Waals surface area contributed by atoms with Crippen LogP contribution in [0.4, 0.5) is 0 Å². The van der Waals surface area contributed by atoms with Crippen molar-refractivity contribution in [2.75, 3.05) is 91.6 Å². The van der Waals surface area contributed by atoms with Crippen LogP contribution in [0.25, 0.3) is 0 Å². The Balaban J connectivity index is -0.000000144. The van der Waals surface area contributed by atoms with E-state index in [4.69, 9.17) is 0 Å². The second-order valence-corrected chi connectivity index (χ2v) is 33.2. The summed E-state index contributed by atoms with van der Waals surface area (Å²) in [5.74, 6) is 9.25. The van der Waals surface area contributed by atoms with Gasteiger partial charge >= 0.3 is 0 Å². The fourth-order valence-corrected chi connectivity index (χ4v) is 11.7. The second kappa shape index (κ2) is 105. The molecule has 0 bridgehead atoms. The Kier molecular flexibility index (Phi) is 125. The van der Waals surface area contributed by atoms with Crippen LogP contribution in [0.15, 0.2) is 24.3 Å². The number of hydrogen-bond acceptors (Lipinski definition) is 7. The molecule has 0 atom stereocenters. The first-order chi connectivity index (χ1) is 48.9. The molecule has 9 fully saturated rings. The largest absolute Gasteiger partial charge is 0.316 e. The summed E-state index contributed by atoms with van der Waals surface area (Å²) in [7, 11) is 0. The minimum absolute atomic E-state index is 0. The molecule has 7 N–H and O–H groups in total. The lowest BCUT2D eigenvalue weighted by Crippen LogP contribution is -2.17. The van der Waals surface area contributed by atoms with Crippen LogP contribution in [-0.4, -0.2) is 91.6 Å². The van der Waals surface area contributed by atoms with Crippen molar-refractivity contribution in [2.45, 2.75) is 422 Å². The zero-order valence-electron chi connectivity index (χ0n) is 74.0. The predicted octanol–water partition coefficient (Wildman–Crippen LogP) is 26.8. The predicted molar refractivity (Wildman–Crippen MR) is 543 cm³/mol. The maximum absolute atomic E-state index is 3.51. The molecule has 9 saturated carbocycles. The Morgan fingerprint density at radius 3 is 0.435 bits per heavy atom. The van der Waals surface area contributed by atoms with E-state index < -0.39 is 0 Å². The highest BCUT2D eigenvalue weighted by molar-refractivity contribution is 7.60. The van der Waals surface area contributed by atoms with E-state index >= 15 is 0 Å². The number of unbranched alkanes of at least 4 members (excludes halogenated alkanes) is 29. The first kappa shape index (κ1) is 128. The van der Waals surface area contributed by atoms with Gasteiger partial charge in [-0.05, 0) is 331 Å². The van der Waals surface area contributed by atoms with Crippen LogP contribution in [-0.2, 0) is 0 Å². The molecule has 0 aliphatic heterocycles. The first-order valence-corrected chi connectivity index (χ1v) is 46.2. The number of rotatable bonds is 61. The Morgan fingerprint density at radius 1 is 0.176 bits per heavy atom. The minimum atomic E-state index is 0. The van der Waals surface area contributed by atoms with Crippen LogP contribution in [0.5, 0.6) is 0 Å². The van der Waals surface area contributed by atoms with Crippen LogP contribution in [0, 0.1) is 53.3 Å². The molecule has 0 amide bonds. The van der Waals surface area contributed by atoms with Crippen LogP contribution in [0.1, 0.15) is 422 Å². The summed E-state index contributed by atoms with van der Waals surface area (Å²) in [5.41, 5.74) is 0. The van der Waals surface area contributed by atoms with Gasteiger partial charge in [-0.15, -0.1) is 0 Å². The fourth-order valence-electron chi connectivity index (χ4n) is 11.7. The van der Waals surface area contributed by atoms with E-state index in [1.807, 2.05) is 0 Å². The maximum atomic E-state index is 3.51. The van der Waals surface area contributed by atoms with Crippen LogP contribution < -0.4 is 37.2 Å². The van der Waals surface area contributed by atoms with Crippen molar-refractivity contribution in [1.82, 2.24) is 37.2 Å². The molecule has 108 heavy (non-hydrogen) atoms. The molecule has 0 heterocycles. The lowest BCUT2D eigenvalue weighted by Gasteiger charge is -2.01. The van der Waals surface area contributed by atoms with Gasteiger partial charge in [0.25, 0.3) is 0 Å². The summed E-state index contributed by atoms with van der Waals surface area (Å²) in [6, 6.07) is 0. The summed E-state index contributed by atoms with van der Waals surface area (Å²) in [4.78, 5) is 0. The standard InChI is InChI=1S/2C11H20.7C10H21N.9H2S/c2*1-2-3-4-5-6-7-8-11-9-10-11;7*1-2-3-4-5-8-11-9-10-6-7-10;;;;;;;;;/h2*7-8,11H,2-6,9-10H2,1H3;7*10-11H,2-9H2,1H3;9*1H2. The zero-order chi connectivity index (χ0) is 71.5. The van der Waals surface area contributed by atoms with Gasteiger partial charge in [-0.25, -0.2) is 0 Å². The third kappa shape index (κ3) is 122. The van der Waals surface area contributed by atoms with Gasteiger partial charge in [0.1, 0.15) is 0 Å². The topological polar surface area (TPSA) is 84.2 Å². The van der Waals surface area contributed by atoms with Crippen molar-refractivity contribution < 1.29 is 0 Å². The molecular formula is C92H205N7S9. The van der Waals surface area contributed by atoms with Gasteiger partial charge in [0, 0.05) is 0 Å². The Morgan fingerprint density at radius 2 is 0.315 bits per heavy atom. The fraction of sp³-hybridized carbons (Fsp3) is 0.957. The van der Waals surface area contributed by atoms with E-state index in [2.05, 4.69) is 124 Å². The summed E-state index contributed by atoms with van der Waals surface area (Å²) >= 11 is 0. The second-order valence-electron chi connectivity index (χ2n) is 33.2. The summed E-state index contributed by atoms with van der Waals surface area (Å²) in [6.45, 7) is 38.1. The van der Waals surface area contributed by atoms with Crippen molar-refractivity contribution in [3.05, 3.63) is 24.3 Å². The monoisotopic (exact) mass is 1700 g/mol. The van der Waals surface area contributed by atoms with E-state index in [0.29, 0.717) is 0 Å². The SMILES string of the molecule is CCCCCCC=CC1CC1.CCCCCCC=CC1CC1.CCCCCCNCC1CC1.CCCCCCNCC1CC1.CCCCCCNCC1CC1.CCCCCCNCC1CC1.CCCCCCNCC1CC1.CCCCCCNCC1CC1.CCCCCCNCC1CC1.S.S.S.S.S.S.S.S.S. The van der Waals surface area contributed by atoms with Gasteiger partial charge in [0.05, 0.1) is 0 Å². The Hall–Kier alpha value is 2.35. The molecule has 0 saturated heterocycles. The van der Waals surface area contributed by atoms with E-state index in [1.54, 1.807) is 0 Å². The minimum Gasteiger partial charge on any atom is -0.316 e. The van der Waals surface area contributed by atoms with Gasteiger partial charge in [-0.2, -0.15) is 121 Å². The molecular weight excluding hydrogens is 1490 g/mol. The van der Waals surface area contributed by atoms with Crippen molar-refractivity contribution >= 4 is 121 Å². The summed E-state index contributed by atoms with van der Waals surface area (Å²) in [5, 5.41) is 24.5. The highest BCUT2D eigenvalue weighted by Crippen LogP contribution is 2.33.